The highest BCUT2D eigenvalue weighted by atomic mass is 32.2. The zero-order chi connectivity index (χ0) is 17.1. The number of carboxylic acids is 1. The zero-order valence-electron chi connectivity index (χ0n) is 12.6. The Morgan fingerprint density at radius 1 is 1.39 bits per heavy atom. The van der Waals surface area contributed by atoms with E-state index in [1.54, 1.807) is 37.4 Å². The molecule has 9 heteroatoms. The van der Waals surface area contributed by atoms with Crippen LogP contribution in [0.5, 0.6) is 5.75 Å². The first-order valence-corrected chi connectivity index (χ1v) is 8.15. The van der Waals surface area contributed by atoms with Gasteiger partial charge in [0.25, 0.3) is 0 Å². The third-order valence-electron chi connectivity index (χ3n) is 3.09. The van der Waals surface area contributed by atoms with Crippen LogP contribution in [0.25, 0.3) is 0 Å². The molecule has 23 heavy (non-hydrogen) atoms. The molecule has 0 amide bonds. The molecule has 2 aromatic rings. The van der Waals surface area contributed by atoms with E-state index >= 15 is 0 Å². The number of rotatable bonds is 7. The molecule has 0 bridgehead atoms. The van der Waals surface area contributed by atoms with Gasteiger partial charge in [0.1, 0.15) is 17.3 Å². The summed E-state index contributed by atoms with van der Waals surface area (Å²) >= 11 is 0. The molecular formula is C14H17N3O5S. The molecule has 1 heterocycles. The van der Waals surface area contributed by atoms with Gasteiger partial charge < -0.3 is 9.84 Å². The molecule has 1 aromatic carbocycles. The van der Waals surface area contributed by atoms with Crippen molar-refractivity contribution >= 4 is 16.0 Å². The van der Waals surface area contributed by atoms with Crippen LogP contribution in [0.3, 0.4) is 0 Å². The van der Waals surface area contributed by atoms with Crippen molar-refractivity contribution in [1.82, 2.24) is 14.5 Å². The van der Waals surface area contributed by atoms with Crippen molar-refractivity contribution in [2.75, 3.05) is 6.61 Å². The third kappa shape index (κ3) is 4.08. The molecule has 1 unspecified atom stereocenters. The Morgan fingerprint density at radius 3 is 2.57 bits per heavy atom. The fourth-order valence-electron chi connectivity index (χ4n) is 1.77. The second kappa shape index (κ2) is 6.39. The van der Waals surface area contributed by atoms with Gasteiger partial charge in [-0.05, 0) is 19.1 Å². The number of benzene rings is 1. The van der Waals surface area contributed by atoms with E-state index in [2.05, 4.69) is 9.82 Å². The van der Waals surface area contributed by atoms with Crippen molar-refractivity contribution in [2.45, 2.75) is 17.4 Å². The van der Waals surface area contributed by atoms with E-state index in [-0.39, 0.29) is 11.5 Å². The molecule has 1 atom stereocenters. The Kier molecular flexibility index (Phi) is 4.71. The Morgan fingerprint density at radius 2 is 2.04 bits per heavy atom. The number of carboxylic acid groups (broad SMARTS) is 1. The maximum absolute atomic E-state index is 12.3. The Labute approximate surface area is 133 Å². The average Bonchev–Trinajstić information content (AvgIpc) is 2.93. The number of hydrogen-bond donors (Lipinski definition) is 2. The van der Waals surface area contributed by atoms with Gasteiger partial charge in [-0.2, -0.15) is 9.82 Å². The van der Waals surface area contributed by atoms with E-state index < -0.39 is 21.5 Å². The van der Waals surface area contributed by atoms with Gasteiger partial charge in [0.15, 0.2) is 5.54 Å². The molecule has 2 rings (SSSR count). The van der Waals surface area contributed by atoms with Crippen molar-refractivity contribution in [3.8, 4) is 5.75 Å². The highest BCUT2D eigenvalue weighted by Crippen LogP contribution is 2.16. The molecule has 0 saturated carbocycles. The lowest BCUT2D eigenvalue weighted by Gasteiger charge is -2.25. The number of aromatic nitrogens is 2. The van der Waals surface area contributed by atoms with Crippen molar-refractivity contribution < 1.29 is 23.1 Å². The fourth-order valence-corrected chi connectivity index (χ4v) is 3.11. The molecule has 8 nitrogen and oxygen atoms in total. The lowest BCUT2D eigenvalue weighted by Crippen LogP contribution is -2.56. The smallest absolute Gasteiger partial charge is 0.328 e. The van der Waals surface area contributed by atoms with Crippen LogP contribution in [0.1, 0.15) is 6.92 Å². The van der Waals surface area contributed by atoms with Gasteiger partial charge in [-0.3, -0.25) is 9.48 Å². The monoisotopic (exact) mass is 339 g/mol. The Balaban J connectivity index is 2.18. The second-order valence-corrected chi connectivity index (χ2v) is 6.88. The minimum absolute atomic E-state index is 0.118. The van der Waals surface area contributed by atoms with Crippen LogP contribution < -0.4 is 9.46 Å². The summed E-state index contributed by atoms with van der Waals surface area (Å²) in [5, 5.41) is 13.2. The molecule has 0 saturated heterocycles. The quantitative estimate of drug-likeness (QED) is 0.765. The number of aliphatic carboxylic acids is 1. The van der Waals surface area contributed by atoms with Crippen molar-refractivity contribution in [3.05, 3.63) is 42.7 Å². The number of sulfonamides is 1. The van der Waals surface area contributed by atoms with Gasteiger partial charge in [-0.15, -0.1) is 0 Å². The predicted octanol–water partition coefficient (Wildman–Crippen LogP) is 0.621. The van der Waals surface area contributed by atoms with E-state index in [1.807, 2.05) is 0 Å². The third-order valence-corrected chi connectivity index (χ3v) is 4.64. The molecule has 0 fully saturated rings. The molecule has 0 radical (unpaired) electrons. The summed E-state index contributed by atoms with van der Waals surface area (Å²) in [6, 6.07) is 8.55. The number of hydrogen-bond acceptors (Lipinski definition) is 5. The van der Waals surface area contributed by atoms with Gasteiger partial charge in [0.2, 0.25) is 10.0 Å². The number of ether oxygens (including phenoxy) is 1. The summed E-state index contributed by atoms with van der Waals surface area (Å²) < 4.78 is 33.5. The largest absolute Gasteiger partial charge is 0.491 e. The Bertz CT molecular complexity index is 788. The second-order valence-electron chi connectivity index (χ2n) is 5.19. The number of carbonyl (C=O) groups is 1. The van der Waals surface area contributed by atoms with Crippen molar-refractivity contribution in [2.24, 2.45) is 7.05 Å². The summed E-state index contributed by atoms with van der Waals surface area (Å²) in [7, 11) is -2.48. The number of aryl methyl sites for hydroxylation is 1. The van der Waals surface area contributed by atoms with Crippen LogP contribution in [-0.2, 0) is 21.9 Å². The van der Waals surface area contributed by atoms with E-state index in [0.717, 1.165) is 6.20 Å². The summed E-state index contributed by atoms with van der Waals surface area (Å²) in [6.45, 7) is 0.873. The molecule has 1 aromatic heterocycles. The lowest BCUT2D eigenvalue weighted by atomic mass is 10.1. The predicted molar refractivity (Wildman–Crippen MR) is 81.5 cm³/mol. The fraction of sp³-hybridized carbons (Fsp3) is 0.286. The molecule has 2 N–H and O–H groups in total. The number of nitrogens with one attached hydrogen (secondary N) is 1. The van der Waals surface area contributed by atoms with E-state index in [1.165, 1.54) is 17.8 Å². The summed E-state index contributed by atoms with van der Waals surface area (Å²) in [5.41, 5.74) is -1.83. The topological polar surface area (TPSA) is 111 Å². The summed E-state index contributed by atoms with van der Waals surface area (Å²) in [6.07, 6.45) is 2.42. The molecule has 0 aliphatic carbocycles. The SMILES string of the molecule is Cn1cc(S(=O)(=O)NC(C)(COc2ccccc2)C(=O)O)cn1. The zero-order valence-corrected chi connectivity index (χ0v) is 13.4. The normalized spacial score (nSPS) is 14.2. The van der Waals surface area contributed by atoms with Crippen molar-refractivity contribution in [1.29, 1.82) is 0 Å². The van der Waals surface area contributed by atoms with Crippen LogP contribution in [0.15, 0.2) is 47.6 Å². The molecule has 124 valence electrons. The first-order valence-electron chi connectivity index (χ1n) is 6.67. The summed E-state index contributed by atoms with van der Waals surface area (Å²) in [5.74, 6) is -0.901. The van der Waals surface area contributed by atoms with E-state index in [0.29, 0.717) is 5.75 Å². The van der Waals surface area contributed by atoms with Crippen LogP contribution in [0, 0.1) is 0 Å². The van der Waals surface area contributed by atoms with E-state index in [9.17, 15) is 18.3 Å². The highest BCUT2D eigenvalue weighted by Gasteiger charge is 2.39. The molecule has 0 aliphatic heterocycles. The Hall–Kier alpha value is -2.39. The lowest BCUT2D eigenvalue weighted by molar-refractivity contribution is -0.144. The maximum atomic E-state index is 12.3. The molecule has 0 spiro atoms. The van der Waals surface area contributed by atoms with E-state index in [4.69, 9.17) is 4.74 Å². The van der Waals surface area contributed by atoms with Gasteiger partial charge in [-0.1, -0.05) is 18.2 Å². The molecule has 0 aliphatic rings. The first kappa shape index (κ1) is 17.0. The highest BCUT2D eigenvalue weighted by molar-refractivity contribution is 7.89. The van der Waals surface area contributed by atoms with Gasteiger partial charge in [0, 0.05) is 13.2 Å². The standard InChI is InChI=1S/C14H17N3O5S/c1-14(13(18)19,10-22-11-6-4-3-5-7-11)16-23(20,21)12-8-15-17(2)9-12/h3-9,16H,10H2,1-2H3,(H,18,19). The first-order chi connectivity index (χ1) is 10.7. The van der Waals surface area contributed by atoms with Gasteiger partial charge >= 0.3 is 5.97 Å². The van der Waals surface area contributed by atoms with Crippen LogP contribution in [0.2, 0.25) is 0 Å². The van der Waals surface area contributed by atoms with Gasteiger partial charge in [-0.25, -0.2) is 8.42 Å². The number of nitrogens with zero attached hydrogens (tertiary/aromatic N) is 2. The minimum Gasteiger partial charge on any atom is -0.491 e. The average molecular weight is 339 g/mol. The van der Waals surface area contributed by atoms with Crippen LogP contribution in [-0.4, -0.2) is 41.4 Å². The molecular weight excluding hydrogens is 322 g/mol. The van der Waals surface area contributed by atoms with Crippen LogP contribution in [0.4, 0.5) is 0 Å². The van der Waals surface area contributed by atoms with Crippen molar-refractivity contribution in [3.63, 3.8) is 0 Å². The summed E-state index contributed by atoms with van der Waals surface area (Å²) in [4.78, 5) is 11.4. The minimum atomic E-state index is -4.04. The maximum Gasteiger partial charge on any atom is 0.328 e. The van der Waals surface area contributed by atoms with Crippen LogP contribution >= 0.6 is 0 Å². The van der Waals surface area contributed by atoms with Gasteiger partial charge in [0.05, 0.1) is 6.20 Å². The number of para-hydroxylation sites is 1.